The zero-order valence-electron chi connectivity index (χ0n) is 23.2. The Balaban J connectivity index is 3.38. The Morgan fingerprint density at radius 3 is 0.848 bits per heavy atom. The summed E-state index contributed by atoms with van der Waals surface area (Å²) < 4.78 is 0. The number of carbonyl (C=O) groups is 1. The minimum atomic E-state index is -0.0597. The fraction of sp³-hybridized carbons (Fsp3) is 0.968. The summed E-state index contributed by atoms with van der Waals surface area (Å²) in [6, 6.07) is 0. The van der Waals surface area contributed by atoms with Gasteiger partial charge in [0.05, 0.1) is 0 Å². The molecule has 2 heteroatoms. The van der Waals surface area contributed by atoms with Gasteiger partial charge in [-0.25, -0.2) is 0 Å². The molecule has 0 aromatic heterocycles. The molecule has 0 aliphatic carbocycles. The molecule has 1 atom stereocenters. The zero-order chi connectivity index (χ0) is 24.2. The second-order valence-corrected chi connectivity index (χ2v) is 10.8. The van der Waals surface area contributed by atoms with Crippen molar-refractivity contribution >= 4 is 5.91 Å². The SMILES string of the molecule is CCCCCCCCCCCCCCCCCCC(CCCCCCCCCCC)C(N)=O. The molecule has 0 rings (SSSR count). The topological polar surface area (TPSA) is 43.1 Å². The fourth-order valence-electron chi connectivity index (χ4n) is 5.07. The van der Waals surface area contributed by atoms with Crippen LogP contribution in [0.4, 0.5) is 0 Å². The van der Waals surface area contributed by atoms with Gasteiger partial charge < -0.3 is 5.73 Å². The maximum absolute atomic E-state index is 11.8. The lowest BCUT2D eigenvalue weighted by Gasteiger charge is -2.13. The van der Waals surface area contributed by atoms with Gasteiger partial charge in [-0.15, -0.1) is 0 Å². The average Bonchev–Trinajstić information content (AvgIpc) is 2.81. The lowest BCUT2D eigenvalue weighted by molar-refractivity contribution is -0.122. The molecule has 0 aromatic rings. The van der Waals surface area contributed by atoms with Crippen molar-refractivity contribution in [2.45, 2.75) is 187 Å². The van der Waals surface area contributed by atoms with Crippen molar-refractivity contribution in [2.24, 2.45) is 11.7 Å². The van der Waals surface area contributed by atoms with Crippen molar-refractivity contribution in [1.82, 2.24) is 0 Å². The van der Waals surface area contributed by atoms with E-state index in [1.165, 1.54) is 161 Å². The first-order valence-corrected chi connectivity index (χ1v) is 15.5. The van der Waals surface area contributed by atoms with Crippen LogP contribution in [-0.4, -0.2) is 5.91 Å². The second kappa shape index (κ2) is 27.7. The van der Waals surface area contributed by atoms with Gasteiger partial charge in [0.25, 0.3) is 0 Å². The van der Waals surface area contributed by atoms with Gasteiger partial charge in [0, 0.05) is 5.92 Å². The Hall–Kier alpha value is -0.530. The van der Waals surface area contributed by atoms with Crippen molar-refractivity contribution in [3.63, 3.8) is 0 Å². The molecule has 0 saturated carbocycles. The van der Waals surface area contributed by atoms with E-state index in [9.17, 15) is 4.79 Å². The number of amides is 1. The van der Waals surface area contributed by atoms with E-state index in [1.807, 2.05) is 0 Å². The van der Waals surface area contributed by atoms with Crippen LogP contribution in [0.1, 0.15) is 187 Å². The van der Waals surface area contributed by atoms with E-state index in [4.69, 9.17) is 5.73 Å². The van der Waals surface area contributed by atoms with Crippen LogP contribution in [0.2, 0.25) is 0 Å². The van der Waals surface area contributed by atoms with E-state index < -0.39 is 0 Å². The van der Waals surface area contributed by atoms with E-state index in [1.54, 1.807) is 0 Å². The van der Waals surface area contributed by atoms with Gasteiger partial charge in [0.1, 0.15) is 0 Å². The number of rotatable bonds is 28. The summed E-state index contributed by atoms with van der Waals surface area (Å²) in [5, 5.41) is 0. The third kappa shape index (κ3) is 25.9. The Morgan fingerprint density at radius 2 is 0.636 bits per heavy atom. The standard InChI is InChI=1S/C31H63NO/c1-3-5-7-9-11-13-14-15-16-17-18-19-21-23-25-27-29-30(31(32)33)28-26-24-22-20-12-10-8-6-4-2/h30H,3-29H2,1-2H3,(H2,32,33). The molecule has 33 heavy (non-hydrogen) atoms. The maximum Gasteiger partial charge on any atom is 0.220 e. The number of carbonyl (C=O) groups excluding carboxylic acids is 1. The Morgan fingerprint density at radius 1 is 0.424 bits per heavy atom. The molecule has 0 heterocycles. The Kier molecular flexibility index (Phi) is 27.3. The van der Waals surface area contributed by atoms with Crippen molar-refractivity contribution in [3.05, 3.63) is 0 Å². The quantitative estimate of drug-likeness (QED) is 0.115. The highest BCUT2D eigenvalue weighted by molar-refractivity contribution is 5.76. The van der Waals surface area contributed by atoms with Crippen LogP contribution >= 0.6 is 0 Å². The number of unbranched alkanes of at least 4 members (excludes halogenated alkanes) is 23. The predicted octanol–water partition coefficient (Wildman–Crippen LogP) is 10.7. The van der Waals surface area contributed by atoms with E-state index >= 15 is 0 Å². The number of hydrogen-bond acceptors (Lipinski definition) is 1. The molecular formula is C31H63NO. The van der Waals surface area contributed by atoms with Crippen molar-refractivity contribution < 1.29 is 4.79 Å². The molecule has 0 fully saturated rings. The van der Waals surface area contributed by atoms with Crippen LogP contribution in [-0.2, 0) is 4.79 Å². The van der Waals surface area contributed by atoms with Gasteiger partial charge in [0.2, 0.25) is 5.91 Å². The highest BCUT2D eigenvalue weighted by atomic mass is 16.1. The number of primary amides is 1. The number of nitrogens with two attached hydrogens (primary N) is 1. The van der Waals surface area contributed by atoms with E-state index in [-0.39, 0.29) is 11.8 Å². The van der Waals surface area contributed by atoms with E-state index in [2.05, 4.69) is 13.8 Å². The molecule has 1 amide bonds. The highest BCUT2D eigenvalue weighted by Crippen LogP contribution is 2.20. The first kappa shape index (κ1) is 32.5. The van der Waals surface area contributed by atoms with Crippen LogP contribution in [0, 0.1) is 5.92 Å². The molecule has 0 spiro atoms. The molecule has 0 saturated heterocycles. The lowest BCUT2D eigenvalue weighted by atomic mass is 9.93. The normalized spacial score (nSPS) is 12.3. The maximum atomic E-state index is 11.8. The van der Waals surface area contributed by atoms with Crippen LogP contribution in [0.25, 0.3) is 0 Å². The molecule has 2 N–H and O–H groups in total. The lowest BCUT2D eigenvalue weighted by Crippen LogP contribution is -2.23. The summed E-state index contributed by atoms with van der Waals surface area (Å²) in [5.74, 6) is 0.0664. The number of hydrogen-bond donors (Lipinski definition) is 1. The summed E-state index contributed by atoms with van der Waals surface area (Å²) in [6.07, 6.45) is 36.4. The summed E-state index contributed by atoms with van der Waals surface area (Å²) in [5.41, 5.74) is 5.67. The molecule has 0 aromatic carbocycles. The first-order valence-electron chi connectivity index (χ1n) is 15.5. The van der Waals surface area contributed by atoms with Gasteiger partial charge in [-0.3, -0.25) is 4.79 Å². The summed E-state index contributed by atoms with van der Waals surface area (Å²) in [4.78, 5) is 11.8. The Bertz CT molecular complexity index is 381. The predicted molar refractivity (Wildman–Crippen MR) is 149 cm³/mol. The fourth-order valence-corrected chi connectivity index (χ4v) is 5.07. The first-order chi connectivity index (χ1) is 16.2. The van der Waals surface area contributed by atoms with Crippen molar-refractivity contribution in [2.75, 3.05) is 0 Å². The minimum Gasteiger partial charge on any atom is -0.369 e. The largest absolute Gasteiger partial charge is 0.369 e. The van der Waals surface area contributed by atoms with Gasteiger partial charge >= 0.3 is 0 Å². The molecule has 2 nitrogen and oxygen atoms in total. The molecule has 0 radical (unpaired) electrons. The second-order valence-electron chi connectivity index (χ2n) is 10.8. The minimum absolute atomic E-state index is 0.0597. The van der Waals surface area contributed by atoms with E-state index in [0.717, 1.165) is 12.8 Å². The van der Waals surface area contributed by atoms with Crippen molar-refractivity contribution in [1.29, 1.82) is 0 Å². The van der Waals surface area contributed by atoms with Gasteiger partial charge in [-0.1, -0.05) is 174 Å². The molecule has 0 aliphatic rings. The summed E-state index contributed by atoms with van der Waals surface area (Å²) in [7, 11) is 0. The van der Waals surface area contributed by atoms with Crippen LogP contribution < -0.4 is 5.73 Å². The van der Waals surface area contributed by atoms with Gasteiger partial charge in [-0.05, 0) is 12.8 Å². The smallest absolute Gasteiger partial charge is 0.220 e. The molecule has 0 bridgehead atoms. The summed E-state index contributed by atoms with van der Waals surface area (Å²) in [6.45, 7) is 4.56. The third-order valence-electron chi connectivity index (χ3n) is 7.46. The molecular weight excluding hydrogens is 402 g/mol. The van der Waals surface area contributed by atoms with Crippen LogP contribution in [0.5, 0.6) is 0 Å². The monoisotopic (exact) mass is 465 g/mol. The Labute approximate surface area is 209 Å². The molecule has 198 valence electrons. The average molecular weight is 466 g/mol. The summed E-state index contributed by atoms with van der Waals surface area (Å²) >= 11 is 0. The molecule has 0 aliphatic heterocycles. The van der Waals surface area contributed by atoms with E-state index in [0.29, 0.717) is 0 Å². The highest BCUT2D eigenvalue weighted by Gasteiger charge is 2.14. The van der Waals surface area contributed by atoms with Crippen LogP contribution in [0.3, 0.4) is 0 Å². The van der Waals surface area contributed by atoms with Crippen LogP contribution in [0.15, 0.2) is 0 Å². The van der Waals surface area contributed by atoms with Gasteiger partial charge in [0.15, 0.2) is 0 Å². The zero-order valence-corrected chi connectivity index (χ0v) is 23.2. The van der Waals surface area contributed by atoms with Crippen molar-refractivity contribution in [3.8, 4) is 0 Å². The third-order valence-corrected chi connectivity index (χ3v) is 7.46. The molecule has 1 unspecified atom stereocenters. The van der Waals surface area contributed by atoms with Gasteiger partial charge in [-0.2, -0.15) is 0 Å².